The summed E-state index contributed by atoms with van der Waals surface area (Å²) in [6.45, 7) is 0. The molecule has 5 heteroatoms. The lowest BCUT2D eigenvalue weighted by Crippen LogP contribution is -2.34. The molecule has 0 saturated heterocycles. The van der Waals surface area contributed by atoms with Gasteiger partial charge in [0.2, 0.25) is 0 Å². The minimum absolute atomic E-state index is 0.0702. The topological polar surface area (TPSA) is 65.0 Å². The predicted molar refractivity (Wildman–Crippen MR) is 121 cm³/mol. The van der Waals surface area contributed by atoms with Crippen molar-refractivity contribution in [1.29, 1.82) is 0 Å². The van der Waals surface area contributed by atoms with E-state index in [-0.39, 0.29) is 24.0 Å². The van der Waals surface area contributed by atoms with Gasteiger partial charge in [-0.05, 0) is 70.1 Å². The fourth-order valence-corrected chi connectivity index (χ4v) is 4.30. The van der Waals surface area contributed by atoms with Crippen molar-refractivity contribution in [3.8, 4) is 0 Å². The normalized spacial score (nSPS) is 38.5. The molecular formula is C26H36O5. The number of carboxylic acid groups (broad SMARTS) is 1. The molecule has 1 N–H and O–H groups in total. The highest BCUT2D eigenvalue weighted by atomic mass is 17.5. The van der Waals surface area contributed by atoms with Crippen LogP contribution in [0.15, 0.2) is 60.8 Å². The van der Waals surface area contributed by atoms with Crippen molar-refractivity contribution in [3.05, 3.63) is 60.8 Å². The van der Waals surface area contributed by atoms with Gasteiger partial charge in [-0.3, -0.25) is 4.79 Å². The number of hydrogen-bond acceptors (Lipinski definition) is 4. The molecule has 5 nitrogen and oxygen atoms in total. The molecule has 1 heterocycles. The Morgan fingerprint density at radius 3 is 2.26 bits per heavy atom. The van der Waals surface area contributed by atoms with Crippen molar-refractivity contribution in [1.82, 2.24) is 0 Å². The van der Waals surface area contributed by atoms with Crippen LogP contribution < -0.4 is 0 Å². The van der Waals surface area contributed by atoms with E-state index in [1.807, 2.05) is 24.3 Å². The minimum atomic E-state index is -0.705. The highest BCUT2D eigenvalue weighted by Crippen LogP contribution is 2.37. The number of rotatable bonds is 1. The smallest absolute Gasteiger partial charge is 0.306 e. The molecule has 0 aromatic heterocycles. The molecule has 2 bridgehead atoms. The summed E-state index contributed by atoms with van der Waals surface area (Å²) < 4.78 is 0. The first-order valence-electron chi connectivity index (χ1n) is 11.8. The van der Waals surface area contributed by atoms with Gasteiger partial charge in [0.15, 0.2) is 0 Å². The van der Waals surface area contributed by atoms with Crippen LogP contribution in [0.4, 0.5) is 0 Å². The summed E-state index contributed by atoms with van der Waals surface area (Å²) in [5.41, 5.74) is 0. The van der Waals surface area contributed by atoms with E-state index < -0.39 is 5.97 Å². The van der Waals surface area contributed by atoms with E-state index in [1.165, 1.54) is 12.8 Å². The third kappa shape index (κ3) is 8.98. The Bertz CT molecular complexity index is 690. The number of carboxylic acids is 1. The summed E-state index contributed by atoms with van der Waals surface area (Å²) >= 11 is 0. The first-order valence-corrected chi connectivity index (χ1v) is 11.8. The van der Waals surface area contributed by atoms with Crippen molar-refractivity contribution in [2.24, 2.45) is 17.8 Å². The molecule has 2 aliphatic carbocycles. The maximum atomic E-state index is 11.6. The second kappa shape index (κ2) is 13.5. The molecule has 170 valence electrons. The van der Waals surface area contributed by atoms with Crippen LogP contribution in [-0.4, -0.2) is 23.3 Å². The average molecular weight is 429 g/mol. The molecular weight excluding hydrogens is 392 g/mol. The number of allylic oxidation sites excluding steroid dienone is 9. The number of hydrogen-bond donors (Lipinski definition) is 1. The fraction of sp³-hybridized carbons (Fsp3) is 0.577. The van der Waals surface area contributed by atoms with Crippen LogP contribution >= 0.6 is 0 Å². The monoisotopic (exact) mass is 428 g/mol. The zero-order valence-electron chi connectivity index (χ0n) is 18.3. The van der Waals surface area contributed by atoms with Crippen LogP contribution in [0.3, 0.4) is 0 Å². The highest BCUT2D eigenvalue weighted by Gasteiger charge is 2.39. The number of carbonyl (C=O) groups is 1. The first kappa shape index (κ1) is 23.7. The Labute approximate surface area is 186 Å². The molecule has 0 radical (unpaired) electrons. The van der Waals surface area contributed by atoms with Crippen molar-refractivity contribution in [2.45, 2.75) is 76.4 Å². The zero-order valence-corrected chi connectivity index (χ0v) is 18.3. The summed E-state index contributed by atoms with van der Waals surface area (Å²) in [4.78, 5) is 22.5. The summed E-state index contributed by atoms with van der Waals surface area (Å²) in [7, 11) is 0. The third-order valence-electron chi connectivity index (χ3n) is 6.28. The van der Waals surface area contributed by atoms with Crippen LogP contribution in [-0.2, 0) is 19.6 Å². The van der Waals surface area contributed by atoms with Crippen LogP contribution in [0.1, 0.15) is 64.2 Å². The molecule has 2 fully saturated rings. The maximum Gasteiger partial charge on any atom is 0.306 e. The van der Waals surface area contributed by atoms with Gasteiger partial charge < -0.3 is 5.11 Å². The van der Waals surface area contributed by atoms with Crippen molar-refractivity contribution >= 4 is 5.97 Å². The van der Waals surface area contributed by atoms with Gasteiger partial charge in [-0.15, -0.1) is 0 Å². The molecule has 2 saturated carbocycles. The molecule has 3 aliphatic rings. The second-order valence-corrected chi connectivity index (χ2v) is 8.75. The van der Waals surface area contributed by atoms with E-state index in [4.69, 9.17) is 14.8 Å². The quantitative estimate of drug-likeness (QED) is 0.394. The van der Waals surface area contributed by atoms with Gasteiger partial charge in [0.05, 0.1) is 12.0 Å². The van der Waals surface area contributed by atoms with E-state index in [0.29, 0.717) is 25.2 Å². The number of aliphatic carboxylic acids is 1. The van der Waals surface area contributed by atoms with Crippen molar-refractivity contribution in [2.75, 3.05) is 0 Å². The van der Waals surface area contributed by atoms with Crippen LogP contribution in [0.25, 0.3) is 0 Å². The van der Waals surface area contributed by atoms with E-state index in [2.05, 4.69) is 36.5 Å². The average Bonchev–Trinajstić information content (AvgIpc) is 3.50. The lowest BCUT2D eigenvalue weighted by molar-refractivity contribution is -0.533. The minimum Gasteiger partial charge on any atom is -0.481 e. The Morgan fingerprint density at radius 2 is 1.48 bits per heavy atom. The molecule has 0 aromatic rings. The third-order valence-corrected chi connectivity index (χ3v) is 6.28. The van der Waals surface area contributed by atoms with E-state index in [0.717, 1.165) is 32.1 Å². The molecule has 0 spiro atoms. The fourth-order valence-electron chi connectivity index (χ4n) is 4.30. The van der Waals surface area contributed by atoms with Gasteiger partial charge >= 0.3 is 5.97 Å². The van der Waals surface area contributed by atoms with Gasteiger partial charge in [-0.1, -0.05) is 65.8 Å². The largest absolute Gasteiger partial charge is 0.481 e. The summed E-state index contributed by atoms with van der Waals surface area (Å²) in [5, 5.41) is 14.7. The van der Waals surface area contributed by atoms with Gasteiger partial charge in [-0.25, -0.2) is 9.78 Å². The van der Waals surface area contributed by atoms with Crippen molar-refractivity contribution < 1.29 is 24.7 Å². The summed E-state index contributed by atoms with van der Waals surface area (Å²) in [6, 6.07) is 0. The Kier molecular flexibility index (Phi) is 10.3. The van der Waals surface area contributed by atoms with E-state index in [9.17, 15) is 9.90 Å². The summed E-state index contributed by atoms with van der Waals surface area (Å²) in [5.74, 6) is -0.519. The standard InChI is InChI=1S/C26H36O5/c27-26(28)24-18-17-23-19-21(24)15-13-11-9-7-5-3-1-2-4-6-8-10-12-14-16-22-20-25(22)30-31-29-23/h1-5,7,9,11,14,16,21-25H,6,8,10,12-13,15,17-20H2,(H,27,28)/b3-1+,4-2+,7-5+,11-9+,16-14+. The molecule has 1 aliphatic heterocycles. The molecule has 3 rings (SSSR count). The van der Waals surface area contributed by atoms with Crippen LogP contribution in [0, 0.1) is 17.8 Å². The molecule has 5 atom stereocenters. The van der Waals surface area contributed by atoms with Gasteiger partial charge in [0.1, 0.15) is 6.10 Å². The molecule has 31 heavy (non-hydrogen) atoms. The summed E-state index contributed by atoms with van der Waals surface area (Å²) in [6.07, 6.45) is 30.2. The molecule has 0 aromatic carbocycles. The first-order chi connectivity index (χ1) is 15.2. The number of fused-ring (bicyclic) bond motifs is 3. The lowest BCUT2D eigenvalue weighted by atomic mass is 9.75. The van der Waals surface area contributed by atoms with Gasteiger partial charge in [0, 0.05) is 5.92 Å². The lowest BCUT2D eigenvalue weighted by Gasteiger charge is -2.32. The Balaban J connectivity index is 1.53. The van der Waals surface area contributed by atoms with Gasteiger partial charge in [-0.2, -0.15) is 0 Å². The molecule has 5 unspecified atom stereocenters. The Hall–Kier alpha value is -1.95. The van der Waals surface area contributed by atoms with Crippen LogP contribution in [0.2, 0.25) is 0 Å². The second-order valence-electron chi connectivity index (χ2n) is 8.75. The highest BCUT2D eigenvalue weighted by molar-refractivity contribution is 5.70. The predicted octanol–water partition coefficient (Wildman–Crippen LogP) is 6.26. The molecule has 0 amide bonds. The van der Waals surface area contributed by atoms with Crippen molar-refractivity contribution in [3.63, 3.8) is 0 Å². The van der Waals surface area contributed by atoms with E-state index in [1.54, 1.807) is 0 Å². The SMILES string of the molecule is O=C(O)C1CCC2CC1CC/C=C/C=C/C=C/C=C/CCCC/C=C/C1CC1OOO2. The zero-order chi connectivity index (χ0) is 21.7. The van der Waals surface area contributed by atoms with E-state index >= 15 is 0 Å². The maximum absolute atomic E-state index is 11.6. The van der Waals surface area contributed by atoms with Crippen LogP contribution in [0.5, 0.6) is 0 Å². The van der Waals surface area contributed by atoms with Gasteiger partial charge in [0.25, 0.3) is 0 Å². The Morgan fingerprint density at radius 1 is 0.774 bits per heavy atom.